The number of benzene rings is 1. The molecule has 25 heavy (non-hydrogen) atoms. The molecule has 134 valence electrons. The van der Waals surface area contributed by atoms with E-state index in [0.29, 0.717) is 6.54 Å². The Hall–Kier alpha value is -2.35. The van der Waals surface area contributed by atoms with Crippen molar-refractivity contribution in [2.45, 2.75) is 20.4 Å². The van der Waals surface area contributed by atoms with Gasteiger partial charge in [0.2, 0.25) is 5.91 Å². The predicted octanol–water partition coefficient (Wildman–Crippen LogP) is 2.53. The van der Waals surface area contributed by atoms with Crippen LogP contribution in [0.25, 0.3) is 0 Å². The van der Waals surface area contributed by atoms with E-state index in [1.807, 2.05) is 49.0 Å². The van der Waals surface area contributed by atoms with Gasteiger partial charge in [0.1, 0.15) is 0 Å². The van der Waals surface area contributed by atoms with Gasteiger partial charge < -0.3 is 16.0 Å². The first-order valence-corrected chi connectivity index (χ1v) is 8.78. The number of carbonyl (C=O) groups excluding carboxylic acids is 2. The molecule has 0 saturated heterocycles. The molecule has 3 N–H and O–H groups in total. The van der Waals surface area contributed by atoms with Crippen LogP contribution in [0.4, 0.5) is 10.5 Å². The Labute approximate surface area is 155 Å². The summed E-state index contributed by atoms with van der Waals surface area (Å²) < 4.78 is 2.77. The minimum Gasteiger partial charge on any atom is -0.338 e. The van der Waals surface area contributed by atoms with E-state index in [1.165, 1.54) is 0 Å². The highest BCUT2D eigenvalue weighted by atomic mass is 79.9. The zero-order valence-corrected chi connectivity index (χ0v) is 15.8. The van der Waals surface area contributed by atoms with Crippen molar-refractivity contribution >= 4 is 33.6 Å². The van der Waals surface area contributed by atoms with Crippen LogP contribution >= 0.6 is 15.9 Å². The maximum atomic E-state index is 11.9. The third kappa shape index (κ3) is 6.58. The SMILES string of the molecule is Cc1cc(Br)ccc1NC(=O)CNC(=O)NCC(C)Cn1cccn1. The molecular formula is C17H22BrN5O2. The third-order valence-electron chi connectivity index (χ3n) is 3.54. The molecule has 0 aliphatic rings. The number of nitrogens with one attached hydrogen (secondary N) is 3. The molecule has 1 unspecified atom stereocenters. The summed E-state index contributed by atoms with van der Waals surface area (Å²) in [5, 5.41) is 12.2. The largest absolute Gasteiger partial charge is 0.338 e. The molecule has 3 amide bonds. The lowest BCUT2D eigenvalue weighted by Crippen LogP contribution is -2.42. The van der Waals surface area contributed by atoms with E-state index < -0.39 is 0 Å². The molecule has 0 radical (unpaired) electrons. The fraction of sp³-hybridized carbons (Fsp3) is 0.353. The van der Waals surface area contributed by atoms with Crippen molar-refractivity contribution in [3.8, 4) is 0 Å². The van der Waals surface area contributed by atoms with Gasteiger partial charge in [-0.25, -0.2) is 4.79 Å². The van der Waals surface area contributed by atoms with E-state index >= 15 is 0 Å². The van der Waals surface area contributed by atoms with Gasteiger partial charge in [-0.2, -0.15) is 5.10 Å². The minimum atomic E-state index is -0.366. The summed E-state index contributed by atoms with van der Waals surface area (Å²) in [6.45, 7) is 5.05. The summed E-state index contributed by atoms with van der Waals surface area (Å²) in [6, 6.07) is 7.07. The van der Waals surface area contributed by atoms with Crippen molar-refractivity contribution in [1.29, 1.82) is 0 Å². The zero-order chi connectivity index (χ0) is 18.2. The molecule has 7 nitrogen and oxygen atoms in total. The molecule has 0 aliphatic carbocycles. The van der Waals surface area contributed by atoms with Crippen molar-refractivity contribution in [1.82, 2.24) is 20.4 Å². The van der Waals surface area contributed by atoms with E-state index in [2.05, 4.69) is 37.0 Å². The van der Waals surface area contributed by atoms with E-state index in [9.17, 15) is 9.59 Å². The van der Waals surface area contributed by atoms with Crippen molar-refractivity contribution in [2.75, 3.05) is 18.4 Å². The van der Waals surface area contributed by atoms with Gasteiger partial charge in [-0.15, -0.1) is 0 Å². The smallest absolute Gasteiger partial charge is 0.315 e. The Bertz CT molecular complexity index is 718. The number of anilines is 1. The number of rotatable bonds is 7. The van der Waals surface area contributed by atoms with Crippen molar-refractivity contribution in [2.24, 2.45) is 5.92 Å². The average molecular weight is 408 g/mol. The summed E-state index contributed by atoms with van der Waals surface area (Å²) in [5.74, 6) is -0.0462. The Kier molecular flexibility index (Phi) is 7.00. The van der Waals surface area contributed by atoms with Crippen LogP contribution in [0.2, 0.25) is 0 Å². The summed E-state index contributed by atoms with van der Waals surface area (Å²) in [4.78, 5) is 23.7. The van der Waals surface area contributed by atoms with Crippen LogP contribution in [0.15, 0.2) is 41.1 Å². The van der Waals surface area contributed by atoms with Crippen molar-refractivity contribution in [3.63, 3.8) is 0 Å². The first kappa shape index (κ1) is 19.0. The number of aromatic nitrogens is 2. The molecule has 1 aromatic carbocycles. The van der Waals surface area contributed by atoms with Gasteiger partial charge in [-0.1, -0.05) is 22.9 Å². The van der Waals surface area contributed by atoms with Crippen molar-refractivity contribution < 1.29 is 9.59 Å². The number of hydrogen-bond donors (Lipinski definition) is 3. The van der Waals surface area contributed by atoms with E-state index in [-0.39, 0.29) is 24.4 Å². The van der Waals surface area contributed by atoms with Gasteiger partial charge in [-0.3, -0.25) is 9.48 Å². The molecule has 1 heterocycles. The molecule has 0 spiro atoms. The fourth-order valence-electron chi connectivity index (χ4n) is 2.24. The molecular weight excluding hydrogens is 386 g/mol. The molecule has 0 bridgehead atoms. The number of amides is 3. The second-order valence-corrected chi connectivity index (χ2v) is 6.82. The number of urea groups is 1. The first-order chi connectivity index (χ1) is 11.9. The van der Waals surface area contributed by atoms with Gasteiger partial charge in [0.15, 0.2) is 0 Å². The summed E-state index contributed by atoms with van der Waals surface area (Å²) >= 11 is 3.38. The Balaban J connectivity index is 1.67. The van der Waals surface area contributed by atoms with Crippen LogP contribution in [-0.2, 0) is 11.3 Å². The summed E-state index contributed by atoms with van der Waals surface area (Å²) in [6.07, 6.45) is 3.60. The second-order valence-electron chi connectivity index (χ2n) is 5.90. The molecule has 0 fully saturated rings. The van der Waals surface area contributed by atoms with Gasteiger partial charge in [0.25, 0.3) is 0 Å². The number of hydrogen-bond acceptors (Lipinski definition) is 3. The number of carbonyl (C=O) groups is 2. The summed E-state index contributed by atoms with van der Waals surface area (Å²) in [5.41, 5.74) is 1.67. The maximum Gasteiger partial charge on any atom is 0.315 e. The number of aryl methyl sites for hydroxylation is 1. The van der Waals surface area contributed by atoms with E-state index in [1.54, 1.807) is 6.20 Å². The monoisotopic (exact) mass is 407 g/mol. The average Bonchev–Trinajstić information content (AvgIpc) is 3.06. The van der Waals surface area contributed by atoms with Gasteiger partial charge in [-0.05, 0) is 42.7 Å². The van der Waals surface area contributed by atoms with Gasteiger partial charge in [0.05, 0.1) is 6.54 Å². The molecule has 8 heteroatoms. The number of halogens is 1. The first-order valence-electron chi connectivity index (χ1n) is 7.99. The molecule has 0 saturated carbocycles. The normalized spacial score (nSPS) is 11.6. The molecule has 1 aromatic heterocycles. The van der Waals surface area contributed by atoms with E-state index in [0.717, 1.165) is 22.3 Å². The van der Waals surface area contributed by atoms with Crippen LogP contribution in [-0.4, -0.2) is 34.8 Å². The standard InChI is InChI=1S/C17H22BrN5O2/c1-12(11-23-7-3-6-21-23)9-19-17(25)20-10-16(24)22-15-5-4-14(18)8-13(15)2/h3-8,12H,9-11H2,1-2H3,(H,22,24)(H2,19,20,25). The predicted molar refractivity (Wildman–Crippen MR) is 100 cm³/mol. The van der Waals surface area contributed by atoms with E-state index in [4.69, 9.17) is 0 Å². The number of nitrogens with zero attached hydrogens (tertiary/aromatic N) is 2. The van der Waals surface area contributed by atoms with Crippen molar-refractivity contribution in [3.05, 3.63) is 46.7 Å². The minimum absolute atomic E-state index is 0.0884. The maximum absolute atomic E-state index is 11.9. The Morgan fingerprint density at radius 1 is 1.32 bits per heavy atom. The molecule has 1 atom stereocenters. The molecule has 2 aromatic rings. The van der Waals surface area contributed by atoms with Gasteiger partial charge in [0, 0.05) is 35.6 Å². The Morgan fingerprint density at radius 2 is 2.12 bits per heavy atom. The summed E-state index contributed by atoms with van der Waals surface area (Å²) in [7, 11) is 0. The van der Waals surface area contributed by atoms with Crippen LogP contribution < -0.4 is 16.0 Å². The fourth-order valence-corrected chi connectivity index (χ4v) is 2.72. The molecule has 2 rings (SSSR count). The van der Waals surface area contributed by atoms with Crippen LogP contribution in [0.5, 0.6) is 0 Å². The highest BCUT2D eigenvalue weighted by Gasteiger charge is 2.09. The lowest BCUT2D eigenvalue weighted by Gasteiger charge is -2.14. The van der Waals surface area contributed by atoms with Crippen LogP contribution in [0, 0.1) is 12.8 Å². The zero-order valence-electron chi connectivity index (χ0n) is 14.3. The van der Waals surface area contributed by atoms with Gasteiger partial charge >= 0.3 is 6.03 Å². The third-order valence-corrected chi connectivity index (χ3v) is 4.03. The quantitative estimate of drug-likeness (QED) is 0.658. The topological polar surface area (TPSA) is 88.0 Å². The Morgan fingerprint density at radius 3 is 2.80 bits per heavy atom. The lowest BCUT2D eigenvalue weighted by atomic mass is 10.2. The highest BCUT2D eigenvalue weighted by Crippen LogP contribution is 2.19. The lowest BCUT2D eigenvalue weighted by molar-refractivity contribution is -0.115. The highest BCUT2D eigenvalue weighted by molar-refractivity contribution is 9.10. The van der Waals surface area contributed by atoms with Crippen LogP contribution in [0.3, 0.4) is 0 Å². The second kappa shape index (κ2) is 9.22. The van der Waals surface area contributed by atoms with Crippen LogP contribution in [0.1, 0.15) is 12.5 Å². The molecule has 0 aliphatic heterocycles.